The molecular weight excluding hydrogens is 515 g/mol. The number of carboxylic acids is 2. The van der Waals surface area contributed by atoms with Gasteiger partial charge in [0.2, 0.25) is 0 Å². The molecule has 0 bridgehead atoms. The quantitative estimate of drug-likeness (QED) is 0.360. The van der Waals surface area contributed by atoms with Gasteiger partial charge in [-0.3, -0.25) is 4.79 Å². The van der Waals surface area contributed by atoms with Crippen LogP contribution in [0, 0.1) is 18.8 Å². The topological polar surface area (TPSA) is 136 Å². The third kappa shape index (κ3) is 4.37. The molecule has 1 unspecified atom stereocenters. The number of benzene rings is 1. The number of aryl methyl sites for hydroxylation is 1. The molecule has 5 rings (SSSR count). The summed E-state index contributed by atoms with van der Waals surface area (Å²) in [6.07, 6.45) is 0.288. The Morgan fingerprint density at radius 1 is 1.11 bits per heavy atom. The Morgan fingerprint density at radius 3 is 2.31 bits per heavy atom. The highest BCUT2D eigenvalue weighted by atomic mass is 35.5. The van der Waals surface area contributed by atoms with Gasteiger partial charge in [0.05, 0.1) is 21.3 Å². The van der Waals surface area contributed by atoms with Crippen molar-refractivity contribution in [3.63, 3.8) is 0 Å². The lowest BCUT2D eigenvalue weighted by Crippen LogP contribution is -2.34. The van der Waals surface area contributed by atoms with E-state index in [4.69, 9.17) is 28.3 Å². The highest BCUT2D eigenvalue weighted by molar-refractivity contribution is 7.17. The minimum atomic E-state index is -1.04. The van der Waals surface area contributed by atoms with Crippen LogP contribution in [0.3, 0.4) is 0 Å². The zero-order valence-corrected chi connectivity index (χ0v) is 20.7. The summed E-state index contributed by atoms with van der Waals surface area (Å²) in [4.78, 5) is 45.2. The second-order valence-corrected chi connectivity index (χ2v) is 10.5. The third-order valence-corrected chi connectivity index (χ3v) is 8.59. The first kappa shape index (κ1) is 23.7. The number of hydrogen-bond donors (Lipinski definition) is 4. The SMILES string of the molecule is Cc1[nH]c(C(=O)NC2[C@H]3CN(c4nc(Cc5ccc(C(=O)O)cc5)c(C(=O)O)s4)C[C@@H]23)c(Cl)c1Cl. The molecule has 1 saturated heterocycles. The Balaban J connectivity index is 1.24. The zero-order valence-electron chi connectivity index (χ0n) is 18.3. The van der Waals surface area contributed by atoms with E-state index < -0.39 is 11.9 Å². The first-order valence-corrected chi connectivity index (χ1v) is 12.4. The summed E-state index contributed by atoms with van der Waals surface area (Å²) in [6.45, 7) is 3.06. The van der Waals surface area contributed by atoms with Crippen molar-refractivity contribution in [1.82, 2.24) is 15.3 Å². The molecule has 1 amide bonds. The van der Waals surface area contributed by atoms with E-state index in [0.717, 1.165) is 16.9 Å². The molecule has 9 nitrogen and oxygen atoms in total. The van der Waals surface area contributed by atoms with Crippen molar-refractivity contribution in [2.75, 3.05) is 18.0 Å². The molecule has 12 heteroatoms. The van der Waals surface area contributed by atoms with Crippen LogP contribution < -0.4 is 10.2 Å². The van der Waals surface area contributed by atoms with Crippen molar-refractivity contribution < 1.29 is 24.6 Å². The van der Waals surface area contributed by atoms with Crippen molar-refractivity contribution in [1.29, 1.82) is 0 Å². The molecule has 0 radical (unpaired) electrons. The number of carboxylic acid groups (broad SMARTS) is 2. The molecule has 2 fully saturated rings. The molecule has 2 aliphatic rings. The number of thiazole rings is 1. The number of H-pyrrole nitrogens is 1. The smallest absolute Gasteiger partial charge is 0.347 e. The number of piperidine rings is 1. The summed E-state index contributed by atoms with van der Waals surface area (Å²) in [6, 6.07) is 6.32. The largest absolute Gasteiger partial charge is 0.478 e. The highest BCUT2D eigenvalue weighted by Gasteiger charge is 2.57. The van der Waals surface area contributed by atoms with Crippen LogP contribution in [0.5, 0.6) is 0 Å². The Morgan fingerprint density at radius 2 is 1.77 bits per heavy atom. The van der Waals surface area contributed by atoms with E-state index in [1.54, 1.807) is 19.1 Å². The first-order valence-electron chi connectivity index (χ1n) is 10.8. The molecular formula is C23H20Cl2N4O5S. The van der Waals surface area contributed by atoms with Crippen molar-refractivity contribution >= 4 is 57.5 Å². The summed E-state index contributed by atoms with van der Waals surface area (Å²) in [5, 5.41) is 22.9. The Kier molecular flexibility index (Phi) is 5.98. The molecule has 3 heterocycles. The number of anilines is 1. The molecule has 1 aliphatic carbocycles. The fourth-order valence-corrected chi connectivity index (χ4v) is 5.92. The van der Waals surface area contributed by atoms with E-state index in [1.165, 1.54) is 12.1 Å². The van der Waals surface area contributed by atoms with Gasteiger partial charge >= 0.3 is 11.9 Å². The molecule has 35 heavy (non-hydrogen) atoms. The Labute approximate surface area is 213 Å². The number of nitrogens with one attached hydrogen (secondary N) is 2. The number of hydrogen-bond acceptors (Lipinski definition) is 6. The summed E-state index contributed by atoms with van der Waals surface area (Å²) in [5.74, 6) is -1.87. The lowest BCUT2D eigenvalue weighted by Gasteiger charge is -2.19. The van der Waals surface area contributed by atoms with Crippen molar-refractivity contribution in [2.45, 2.75) is 19.4 Å². The number of carbonyl (C=O) groups excluding carboxylic acids is 1. The second kappa shape index (κ2) is 8.85. The minimum absolute atomic E-state index is 0.0170. The number of aromatic nitrogens is 2. The number of nitrogens with zero attached hydrogens (tertiary/aromatic N) is 2. The van der Waals surface area contributed by atoms with Gasteiger partial charge in [0.25, 0.3) is 5.91 Å². The van der Waals surface area contributed by atoms with E-state index in [9.17, 15) is 19.5 Å². The molecule has 0 spiro atoms. The molecule has 2 aromatic heterocycles. The number of halogens is 2. The Hall–Kier alpha value is -3.08. The monoisotopic (exact) mass is 534 g/mol. The van der Waals surface area contributed by atoms with Gasteiger partial charge in [-0.1, -0.05) is 46.7 Å². The second-order valence-electron chi connectivity index (χ2n) is 8.74. The number of fused-ring (bicyclic) bond motifs is 1. The van der Waals surface area contributed by atoms with Crippen molar-refractivity contribution in [3.05, 3.63) is 67.4 Å². The van der Waals surface area contributed by atoms with Gasteiger partial charge in [-0.25, -0.2) is 14.6 Å². The van der Waals surface area contributed by atoms with E-state index in [2.05, 4.69) is 20.2 Å². The lowest BCUT2D eigenvalue weighted by atomic mass is 10.1. The van der Waals surface area contributed by atoms with E-state index >= 15 is 0 Å². The zero-order chi connectivity index (χ0) is 25.0. The summed E-state index contributed by atoms with van der Waals surface area (Å²) in [7, 11) is 0. The molecule has 3 aromatic rings. The van der Waals surface area contributed by atoms with Crippen LogP contribution in [0.4, 0.5) is 5.13 Å². The number of aromatic carboxylic acids is 2. The van der Waals surface area contributed by atoms with Gasteiger partial charge in [0, 0.05) is 43.1 Å². The number of aromatic amines is 1. The molecule has 1 aliphatic heterocycles. The Bertz CT molecular complexity index is 1340. The maximum absolute atomic E-state index is 12.6. The fourth-order valence-electron chi connectivity index (χ4n) is 4.57. The maximum Gasteiger partial charge on any atom is 0.347 e. The minimum Gasteiger partial charge on any atom is -0.478 e. The van der Waals surface area contributed by atoms with E-state index in [-0.39, 0.29) is 51.4 Å². The number of rotatable bonds is 7. The first-order chi connectivity index (χ1) is 16.6. The molecule has 1 aromatic carbocycles. The summed E-state index contributed by atoms with van der Waals surface area (Å²) >= 11 is 13.3. The highest BCUT2D eigenvalue weighted by Crippen LogP contribution is 2.48. The van der Waals surface area contributed by atoms with Gasteiger partial charge in [-0.05, 0) is 24.6 Å². The summed E-state index contributed by atoms with van der Waals surface area (Å²) < 4.78 is 0. The van der Waals surface area contributed by atoms with Gasteiger partial charge in [-0.2, -0.15) is 0 Å². The van der Waals surface area contributed by atoms with Crippen molar-refractivity contribution in [2.24, 2.45) is 11.8 Å². The lowest BCUT2D eigenvalue weighted by molar-refractivity contribution is 0.0688. The normalized spacial score (nSPS) is 20.5. The van der Waals surface area contributed by atoms with Gasteiger partial charge < -0.3 is 25.4 Å². The average Bonchev–Trinajstić information content (AvgIpc) is 3.19. The van der Waals surface area contributed by atoms with Crippen LogP contribution in [-0.2, 0) is 6.42 Å². The average molecular weight is 535 g/mol. The fraction of sp³-hybridized carbons (Fsp3) is 0.304. The van der Waals surface area contributed by atoms with Crippen LogP contribution in [-0.4, -0.2) is 57.2 Å². The predicted octanol–water partition coefficient (Wildman–Crippen LogP) is 3.94. The molecule has 182 valence electrons. The van der Waals surface area contributed by atoms with Crippen LogP contribution >= 0.6 is 34.5 Å². The molecule has 4 N–H and O–H groups in total. The van der Waals surface area contributed by atoms with E-state index in [1.807, 2.05) is 0 Å². The standard InChI is InChI=1S/C23H20Cl2N4O5S/c1-9-15(24)16(25)18(26-9)20(30)28-17-12-7-29(8-13(12)17)23-27-14(19(35-23)22(33)34)6-10-2-4-11(5-3-10)21(31)32/h2-5,12-13,17,26H,6-8H2,1H3,(H,28,30)(H,31,32)(H,33,34)/t12-,13+,17?. The van der Waals surface area contributed by atoms with Crippen LogP contribution in [0.2, 0.25) is 10.0 Å². The van der Waals surface area contributed by atoms with Gasteiger partial charge in [0.15, 0.2) is 5.13 Å². The maximum atomic E-state index is 12.6. The van der Waals surface area contributed by atoms with Crippen LogP contribution in [0.25, 0.3) is 0 Å². The molecule has 3 atom stereocenters. The number of amides is 1. The van der Waals surface area contributed by atoms with Gasteiger partial charge in [-0.15, -0.1) is 0 Å². The third-order valence-electron chi connectivity index (χ3n) is 6.50. The van der Waals surface area contributed by atoms with Crippen molar-refractivity contribution in [3.8, 4) is 0 Å². The predicted molar refractivity (Wildman–Crippen MR) is 131 cm³/mol. The van der Waals surface area contributed by atoms with Gasteiger partial charge in [0.1, 0.15) is 10.6 Å². The molecule has 1 saturated carbocycles. The van der Waals surface area contributed by atoms with E-state index in [0.29, 0.717) is 34.6 Å². The summed E-state index contributed by atoms with van der Waals surface area (Å²) in [5.41, 5.74) is 2.28. The van der Waals surface area contributed by atoms with Crippen LogP contribution in [0.1, 0.15) is 47.5 Å². The van der Waals surface area contributed by atoms with Crippen LogP contribution in [0.15, 0.2) is 24.3 Å². The number of carbonyl (C=O) groups is 3.